The molecule has 14 heavy (non-hydrogen) atoms. The summed E-state index contributed by atoms with van der Waals surface area (Å²) in [4.78, 5) is 23.5. The molecule has 2 atom stereocenters. The number of piperidine rings is 1. The van der Waals surface area contributed by atoms with E-state index < -0.39 is 12.0 Å². The van der Waals surface area contributed by atoms with Gasteiger partial charge >= 0.3 is 5.97 Å². The summed E-state index contributed by atoms with van der Waals surface area (Å²) in [5.74, 6) is -1.21. The van der Waals surface area contributed by atoms with Gasteiger partial charge in [0.1, 0.15) is 6.54 Å². The Morgan fingerprint density at radius 1 is 1.64 bits per heavy atom. The minimum atomic E-state index is -0.981. The number of rotatable bonds is 3. The van der Waals surface area contributed by atoms with Gasteiger partial charge in [-0.1, -0.05) is 6.92 Å². The highest BCUT2D eigenvalue weighted by atomic mass is 16.4. The van der Waals surface area contributed by atoms with Gasteiger partial charge in [0.2, 0.25) is 5.91 Å². The van der Waals surface area contributed by atoms with E-state index in [1.165, 1.54) is 4.90 Å². The van der Waals surface area contributed by atoms with Crippen molar-refractivity contribution in [3.8, 4) is 0 Å². The first-order chi connectivity index (χ1) is 6.56. The number of hydrogen-bond acceptors (Lipinski definition) is 3. The molecule has 0 unspecified atom stereocenters. The van der Waals surface area contributed by atoms with Crippen molar-refractivity contribution in [2.24, 2.45) is 5.73 Å². The third-order valence-corrected chi connectivity index (χ3v) is 2.63. The van der Waals surface area contributed by atoms with Crippen molar-refractivity contribution in [1.29, 1.82) is 0 Å². The summed E-state index contributed by atoms with van der Waals surface area (Å²) in [5.41, 5.74) is 5.58. The van der Waals surface area contributed by atoms with E-state index in [1.54, 1.807) is 0 Å². The number of amides is 1. The second kappa shape index (κ2) is 4.41. The van der Waals surface area contributed by atoms with Crippen LogP contribution in [0, 0.1) is 0 Å². The molecule has 0 aromatic heterocycles. The topological polar surface area (TPSA) is 83.6 Å². The van der Waals surface area contributed by atoms with Gasteiger partial charge in [0.25, 0.3) is 0 Å². The molecule has 0 saturated carbocycles. The van der Waals surface area contributed by atoms with E-state index in [-0.39, 0.29) is 18.5 Å². The van der Waals surface area contributed by atoms with Crippen molar-refractivity contribution in [2.75, 3.05) is 6.54 Å². The highest BCUT2D eigenvalue weighted by Crippen LogP contribution is 2.19. The zero-order valence-corrected chi connectivity index (χ0v) is 8.27. The average Bonchev–Trinajstić information content (AvgIpc) is 2.13. The van der Waals surface area contributed by atoms with Crippen LogP contribution in [0.2, 0.25) is 0 Å². The average molecular weight is 200 g/mol. The second-order valence-corrected chi connectivity index (χ2v) is 3.61. The summed E-state index contributed by atoms with van der Waals surface area (Å²) >= 11 is 0. The van der Waals surface area contributed by atoms with E-state index in [0.29, 0.717) is 6.42 Å². The summed E-state index contributed by atoms with van der Waals surface area (Å²) < 4.78 is 0. The Hall–Kier alpha value is -1.10. The Morgan fingerprint density at radius 2 is 2.29 bits per heavy atom. The highest BCUT2D eigenvalue weighted by Gasteiger charge is 2.33. The molecule has 5 heteroatoms. The molecule has 80 valence electrons. The highest BCUT2D eigenvalue weighted by molar-refractivity contribution is 5.86. The van der Waals surface area contributed by atoms with Crippen molar-refractivity contribution in [1.82, 2.24) is 4.90 Å². The van der Waals surface area contributed by atoms with Crippen LogP contribution in [-0.4, -0.2) is 40.5 Å². The first-order valence-electron chi connectivity index (χ1n) is 4.84. The number of carbonyl (C=O) groups excluding carboxylic acids is 1. The van der Waals surface area contributed by atoms with E-state index in [0.717, 1.165) is 12.8 Å². The third kappa shape index (κ3) is 2.23. The van der Waals surface area contributed by atoms with Gasteiger partial charge in [-0.15, -0.1) is 0 Å². The van der Waals surface area contributed by atoms with E-state index >= 15 is 0 Å². The first kappa shape index (κ1) is 11.0. The zero-order chi connectivity index (χ0) is 10.7. The Labute approximate surface area is 82.9 Å². The summed E-state index contributed by atoms with van der Waals surface area (Å²) in [5, 5.41) is 8.65. The third-order valence-electron chi connectivity index (χ3n) is 2.63. The van der Waals surface area contributed by atoms with Gasteiger partial charge in [-0.05, 0) is 19.3 Å². The SMILES string of the molecule is CC[C@@H]1CC[C@H](N)C(=O)N1CC(=O)O. The van der Waals surface area contributed by atoms with Crippen LogP contribution in [0.4, 0.5) is 0 Å². The predicted molar refractivity (Wildman–Crippen MR) is 50.6 cm³/mol. The number of carboxylic acids is 1. The molecule has 0 bridgehead atoms. The molecular weight excluding hydrogens is 184 g/mol. The fourth-order valence-electron chi connectivity index (χ4n) is 1.82. The molecule has 3 N–H and O–H groups in total. The van der Waals surface area contributed by atoms with Crippen LogP contribution < -0.4 is 5.73 Å². The van der Waals surface area contributed by atoms with Crippen LogP contribution in [0.5, 0.6) is 0 Å². The minimum absolute atomic E-state index is 0.0402. The van der Waals surface area contributed by atoms with E-state index in [9.17, 15) is 9.59 Å². The van der Waals surface area contributed by atoms with Gasteiger partial charge in [0.15, 0.2) is 0 Å². The molecule has 0 aromatic carbocycles. The maximum Gasteiger partial charge on any atom is 0.323 e. The quantitative estimate of drug-likeness (QED) is 0.660. The van der Waals surface area contributed by atoms with Gasteiger partial charge in [-0.3, -0.25) is 9.59 Å². The lowest BCUT2D eigenvalue weighted by Gasteiger charge is -2.36. The summed E-state index contributed by atoms with van der Waals surface area (Å²) in [6, 6.07) is -0.476. The molecular formula is C9H16N2O3. The van der Waals surface area contributed by atoms with E-state index in [4.69, 9.17) is 10.8 Å². The van der Waals surface area contributed by atoms with Gasteiger partial charge in [-0.25, -0.2) is 0 Å². The normalized spacial score (nSPS) is 27.9. The smallest absolute Gasteiger partial charge is 0.323 e. The molecule has 1 saturated heterocycles. The van der Waals surface area contributed by atoms with Crippen molar-refractivity contribution < 1.29 is 14.7 Å². The number of carbonyl (C=O) groups is 2. The largest absolute Gasteiger partial charge is 0.480 e. The van der Waals surface area contributed by atoms with Gasteiger partial charge in [0.05, 0.1) is 6.04 Å². The Balaban J connectivity index is 2.71. The van der Waals surface area contributed by atoms with Crippen molar-refractivity contribution in [2.45, 2.75) is 38.3 Å². The van der Waals surface area contributed by atoms with E-state index in [2.05, 4.69) is 0 Å². The first-order valence-corrected chi connectivity index (χ1v) is 4.84. The van der Waals surface area contributed by atoms with Crippen LogP contribution in [-0.2, 0) is 9.59 Å². The van der Waals surface area contributed by atoms with Crippen molar-refractivity contribution >= 4 is 11.9 Å². The Morgan fingerprint density at radius 3 is 2.79 bits per heavy atom. The lowest BCUT2D eigenvalue weighted by Crippen LogP contribution is -2.54. The van der Waals surface area contributed by atoms with Gasteiger partial charge < -0.3 is 15.7 Å². The van der Waals surface area contributed by atoms with E-state index in [1.807, 2.05) is 6.92 Å². The Kier molecular flexibility index (Phi) is 3.46. The van der Waals surface area contributed by atoms with Crippen LogP contribution in [0.25, 0.3) is 0 Å². The van der Waals surface area contributed by atoms with Gasteiger partial charge in [-0.2, -0.15) is 0 Å². The lowest BCUT2D eigenvalue weighted by atomic mass is 9.96. The molecule has 0 aromatic rings. The lowest BCUT2D eigenvalue weighted by molar-refractivity contribution is -0.148. The molecule has 0 aliphatic carbocycles. The second-order valence-electron chi connectivity index (χ2n) is 3.61. The van der Waals surface area contributed by atoms with Crippen LogP contribution in [0.1, 0.15) is 26.2 Å². The number of nitrogens with two attached hydrogens (primary N) is 1. The molecule has 0 radical (unpaired) electrons. The summed E-state index contributed by atoms with van der Waals surface area (Å²) in [7, 11) is 0. The monoisotopic (exact) mass is 200 g/mol. The molecule has 1 amide bonds. The Bertz CT molecular complexity index is 242. The van der Waals surface area contributed by atoms with Crippen LogP contribution in [0.15, 0.2) is 0 Å². The number of aliphatic carboxylic acids is 1. The van der Waals surface area contributed by atoms with Gasteiger partial charge in [0, 0.05) is 6.04 Å². The summed E-state index contributed by atoms with van der Waals surface area (Å²) in [6.45, 7) is 1.72. The molecule has 1 fully saturated rings. The van der Waals surface area contributed by atoms with Crippen LogP contribution >= 0.6 is 0 Å². The fourth-order valence-corrected chi connectivity index (χ4v) is 1.82. The molecule has 0 spiro atoms. The predicted octanol–water partition coefficient (Wildman–Crippen LogP) is -0.201. The number of carboxylic acid groups (broad SMARTS) is 1. The van der Waals surface area contributed by atoms with Crippen molar-refractivity contribution in [3.05, 3.63) is 0 Å². The molecule has 1 heterocycles. The zero-order valence-electron chi connectivity index (χ0n) is 8.27. The maximum atomic E-state index is 11.6. The molecule has 5 nitrogen and oxygen atoms in total. The minimum Gasteiger partial charge on any atom is -0.480 e. The molecule has 1 aliphatic rings. The standard InChI is InChI=1S/C9H16N2O3/c1-2-6-3-4-7(10)9(14)11(6)5-8(12)13/h6-7H,2-5,10H2,1H3,(H,12,13)/t6-,7+/m1/s1. The molecule has 1 aliphatic heterocycles. The van der Waals surface area contributed by atoms with Crippen LogP contribution in [0.3, 0.4) is 0 Å². The number of hydrogen-bond donors (Lipinski definition) is 2. The van der Waals surface area contributed by atoms with Crippen molar-refractivity contribution in [3.63, 3.8) is 0 Å². The summed E-state index contributed by atoms with van der Waals surface area (Å²) in [6.07, 6.45) is 2.25. The number of likely N-dealkylation sites (tertiary alicyclic amines) is 1. The number of nitrogens with zero attached hydrogens (tertiary/aromatic N) is 1. The maximum absolute atomic E-state index is 11.6. The molecule has 1 rings (SSSR count). The fraction of sp³-hybridized carbons (Fsp3) is 0.778.